The Bertz CT molecular complexity index is 1080. The largest absolute Gasteiger partial charge is 0.494 e. The summed E-state index contributed by atoms with van der Waals surface area (Å²) >= 11 is 6.33. The smallest absolute Gasteiger partial charge is 0.247 e. The van der Waals surface area contributed by atoms with Crippen LogP contribution in [0.15, 0.2) is 45.2 Å². The van der Waals surface area contributed by atoms with Gasteiger partial charge in [0.05, 0.1) is 22.5 Å². The number of imide groups is 1. The minimum absolute atomic E-state index is 0.171. The molecule has 0 saturated carbocycles. The summed E-state index contributed by atoms with van der Waals surface area (Å²) < 4.78 is 8.05. The van der Waals surface area contributed by atoms with Crippen LogP contribution in [-0.2, 0) is 9.59 Å². The van der Waals surface area contributed by atoms with E-state index in [0.29, 0.717) is 12.3 Å². The molecule has 2 heterocycles. The number of amides is 2. The summed E-state index contributed by atoms with van der Waals surface area (Å²) in [6.07, 6.45) is 0.171. The third-order valence-corrected chi connectivity index (χ3v) is 7.28. The first kappa shape index (κ1) is 19.4. The number of hydrogen-bond acceptors (Lipinski definition) is 6. The second-order valence-electron chi connectivity index (χ2n) is 6.38. The molecular weight excluding hydrogens is 460 g/mol. The van der Waals surface area contributed by atoms with E-state index in [1.807, 2.05) is 44.2 Å². The monoisotopic (exact) mass is 476 g/mol. The number of halogens is 1. The van der Waals surface area contributed by atoms with Gasteiger partial charge in [-0.05, 0) is 65.7 Å². The molecule has 1 fully saturated rings. The minimum atomic E-state index is -0.465. The lowest BCUT2D eigenvalue weighted by molar-refractivity contribution is -0.121. The molecule has 1 unspecified atom stereocenters. The van der Waals surface area contributed by atoms with E-state index in [-0.39, 0.29) is 18.2 Å². The number of thiazole rings is 1. The standard InChI is InChI=1S/C20H17BrN2O3S2/c1-3-26-12-5-6-14-16(9-12)27-20(22-14)28-17-10-18(24)23(19(17)25)15-7-4-11(2)8-13(15)21/h4-9,17H,3,10H2,1-2H3. The molecule has 4 rings (SSSR count). The van der Waals surface area contributed by atoms with Crippen LogP contribution in [0.3, 0.4) is 0 Å². The molecule has 2 amide bonds. The van der Waals surface area contributed by atoms with Gasteiger partial charge in [-0.1, -0.05) is 17.8 Å². The summed E-state index contributed by atoms with van der Waals surface area (Å²) in [4.78, 5) is 31.4. The molecule has 1 saturated heterocycles. The molecule has 1 aliphatic rings. The van der Waals surface area contributed by atoms with Crippen LogP contribution in [0, 0.1) is 6.92 Å². The van der Waals surface area contributed by atoms with Gasteiger partial charge < -0.3 is 4.74 Å². The number of benzene rings is 2. The molecule has 1 aliphatic heterocycles. The lowest BCUT2D eigenvalue weighted by atomic mass is 10.2. The number of anilines is 1. The molecule has 144 valence electrons. The maximum absolute atomic E-state index is 12.9. The Morgan fingerprint density at radius 2 is 2.11 bits per heavy atom. The Morgan fingerprint density at radius 1 is 1.29 bits per heavy atom. The Labute approximate surface area is 179 Å². The normalized spacial score (nSPS) is 17.0. The van der Waals surface area contributed by atoms with Crippen molar-refractivity contribution in [2.24, 2.45) is 0 Å². The summed E-state index contributed by atoms with van der Waals surface area (Å²) in [6, 6.07) is 11.4. The molecule has 0 spiro atoms. The highest BCUT2D eigenvalue weighted by atomic mass is 79.9. The van der Waals surface area contributed by atoms with Crippen LogP contribution in [0.4, 0.5) is 5.69 Å². The number of aromatic nitrogens is 1. The molecule has 0 radical (unpaired) electrons. The maximum atomic E-state index is 12.9. The fraction of sp³-hybridized carbons (Fsp3) is 0.250. The second kappa shape index (κ2) is 7.85. The van der Waals surface area contributed by atoms with Crippen molar-refractivity contribution in [3.8, 4) is 5.75 Å². The zero-order valence-electron chi connectivity index (χ0n) is 15.3. The van der Waals surface area contributed by atoms with Crippen molar-refractivity contribution in [3.05, 3.63) is 46.4 Å². The molecule has 1 aromatic heterocycles. The number of fused-ring (bicyclic) bond motifs is 1. The average Bonchev–Trinajstić information content (AvgIpc) is 3.16. The van der Waals surface area contributed by atoms with Crippen LogP contribution in [-0.4, -0.2) is 28.7 Å². The Balaban J connectivity index is 1.56. The summed E-state index contributed by atoms with van der Waals surface area (Å²) in [5.41, 5.74) is 2.52. The van der Waals surface area contributed by atoms with Crippen molar-refractivity contribution in [1.29, 1.82) is 0 Å². The fourth-order valence-electron chi connectivity index (χ4n) is 3.05. The summed E-state index contributed by atoms with van der Waals surface area (Å²) in [5, 5.41) is -0.465. The Kier molecular flexibility index (Phi) is 5.44. The molecule has 8 heteroatoms. The molecular formula is C20H17BrN2O3S2. The number of thioether (sulfide) groups is 1. The first-order chi connectivity index (χ1) is 13.5. The highest BCUT2D eigenvalue weighted by Crippen LogP contribution is 2.39. The molecule has 0 N–H and O–H groups in total. The second-order valence-corrected chi connectivity index (χ2v) is 9.71. The van der Waals surface area contributed by atoms with Crippen molar-refractivity contribution in [1.82, 2.24) is 4.98 Å². The van der Waals surface area contributed by atoms with Gasteiger partial charge in [0.1, 0.15) is 11.0 Å². The van der Waals surface area contributed by atoms with E-state index in [2.05, 4.69) is 20.9 Å². The van der Waals surface area contributed by atoms with Crippen molar-refractivity contribution >= 4 is 66.7 Å². The van der Waals surface area contributed by atoms with Gasteiger partial charge >= 0.3 is 0 Å². The van der Waals surface area contributed by atoms with E-state index < -0.39 is 5.25 Å². The highest BCUT2D eigenvalue weighted by Gasteiger charge is 2.41. The van der Waals surface area contributed by atoms with Gasteiger partial charge in [-0.25, -0.2) is 9.88 Å². The van der Waals surface area contributed by atoms with E-state index >= 15 is 0 Å². The Morgan fingerprint density at radius 3 is 2.86 bits per heavy atom. The van der Waals surface area contributed by atoms with Gasteiger partial charge in [0, 0.05) is 10.9 Å². The molecule has 3 aromatic rings. The van der Waals surface area contributed by atoms with Gasteiger partial charge in [0.2, 0.25) is 11.8 Å². The van der Waals surface area contributed by atoms with Crippen LogP contribution in [0.2, 0.25) is 0 Å². The first-order valence-corrected chi connectivity index (χ1v) is 11.3. The van der Waals surface area contributed by atoms with Gasteiger partial charge in [-0.3, -0.25) is 9.59 Å². The number of hydrogen-bond donors (Lipinski definition) is 0. The van der Waals surface area contributed by atoms with Gasteiger partial charge in [-0.15, -0.1) is 11.3 Å². The third kappa shape index (κ3) is 3.68. The van der Waals surface area contributed by atoms with Crippen LogP contribution in [0.1, 0.15) is 18.9 Å². The van der Waals surface area contributed by atoms with Gasteiger partial charge in [-0.2, -0.15) is 0 Å². The van der Waals surface area contributed by atoms with E-state index in [1.165, 1.54) is 28.0 Å². The summed E-state index contributed by atoms with van der Waals surface area (Å²) in [6.45, 7) is 4.51. The van der Waals surface area contributed by atoms with E-state index in [9.17, 15) is 9.59 Å². The predicted molar refractivity (Wildman–Crippen MR) is 116 cm³/mol. The number of aryl methyl sites for hydroxylation is 1. The third-order valence-electron chi connectivity index (χ3n) is 4.34. The van der Waals surface area contributed by atoms with Crippen molar-refractivity contribution < 1.29 is 14.3 Å². The van der Waals surface area contributed by atoms with E-state index in [4.69, 9.17) is 4.74 Å². The molecule has 2 aromatic carbocycles. The molecule has 1 atom stereocenters. The van der Waals surface area contributed by atoms with Crippen LogP contribution < -0.4 is 9.64 Å². The van der Waals surface area contributed by atoms with Crippen LogP contribution >= 0.6 is 39.0 Å². The Hall–Kier alpha value is -1.90. The highest BCUT2D eigenvalue weighted by molar-refractivity contribution is 9.10. The number of rotatable bonds is 5. The quantitative estimate of drug-likeness (QED) is 0.474. The SMILES string of the molecule is CCOc1ccc2nc(SC3CC(=O)N(c4ccc(C)cc4Br)C3=O)sc2c1. The molecule has 5 nitrogen and oxygen atoms in total. The summed E-state index contributed by atoms with van der Waals surface area (Å²) in [5.74, 6) is 0.415. The van der Waals surface area contributed by atoms with E-state index in [1.54, 1.807) is 6.07 Å². The van der Waals surface area contributed by atoms with Gasteiger partial charge in [0.15, 0.2) is 4.34 Å². The van der Waals surface area contributed by atoms with Crippen molar-refractivity contribution in [2.75, 3.05) is 11.5 Å². The number of nitrogens with zero attached hydrogens (tertiary/aromatic N) is 2. The number of ether oxygens (including phenoxy) is 1. The summed E-state index contributed by atoms with van der Waals surface area (Å²) in [7, 11) is 0. The predicted octanol–water partition coefficient (Wildman–Crippen LogP) is 5.19. The lowest BCUT2D eigenvalue weighted by Gasteiger charge is -2.16. The molecule has 28 heavy (non-hydrogen) atoms. The number of carbonyl (C=O) groups excluding carboxylic acids is 2. The fourth-order valence-corrected chi connectivity index (χ4v) is 6.09. The zero-order valence-corrected chi connectivity index (χ0v) is 18.5. The number of carbonyl (C=O) groups is 2. The first-order valence-electron chi connectivity index (χ1n) is 8.79. The van der Waals surface area contributed by atoms with Gasteiger partial charge in [0.25, 0.3) is 0 Å². The maximum Gasteiger partial charge on any atom is 0.247 e. The lowest BCUT2D eigenvalue weighted by Crippen LogP contribution is -2.31. The molecule has 0 aliphatic carbocycles. The van der Waals surface area contributed by atoms with E-state index in [0.717, 1.165) is 30.3 Å². The van der Waals surface area contributed by atoms with Crippen LogP contribution in [0.5, 0.6) is 5.75 Å². The minimum Gasteiger partial charge on any atom is -0.494 e. The average molecular weight is 477 g/mol. The van der Waals surface area contributed by atoms with Crippen molar-refractivity contribution in [2.45, 2.75) is 29.9 Å². The molecule has 0 bridgehead atoms. The topological polar surface area (TPSA) is 59.5 Å². The van der Waals surface area contributed by atoms with Crippen molar-refractivity contribution in [3.63, 3.8) is 0 Å². The van der Waals surface area contributed by atoms with Crippen LogP contribution in [0.25, 0.3) is 10.2 Å². The zero-order chi connectivity index (χ0) is 19.8.